The number of hydrogen-bond donors (Lipinski definition) is 3. The molecule has 0 saturated carbocycles. The minimum Gasteiger partial charge on any atom is -0.395 e. The molecule has 1 aromatic heterocycles. The molecule has 64 valence electrons. The van der Waals surface area contributed by atoms with E-state index in [0.717, 1.165) is 0 Å². The van der Waals surface area contributed by atoms with Crippen molar-refractivity contribution >= 4 is 17.8 Å². The molecule has 4 N–H and O–H groups in total. The predicted molar refractivity (Wildman–Crippen MR) is 43.8 cm³/mol. The van der Waals surface area contributed by atoms with E-state index in [4.69, 9.17) is 5.73 Å². The SMILES string of the molecule is Nc1cnc(=O)[nH]c1NCC=O. The van der Waals surface area contributed by atoms with Crippen molar-refractivity contribution in [3.63, 3.8) is 0 Å². The van der Waals surface area contributed by atoms with Crippen LogP contribution in [0.5, 0.6) is 0 Å². The Bertz CT molecular complexity index is 333. The molecule has 0 fully saturated rings. The quantitative estimate of drug-likeness (QED) is 0.500. The summed E-state index contributed by atoms with van der Waals surface area (Å²) in [6.45, 7) is 0.101. The number of nitrogens with zero attached hydrogens (tertiary/aromatic N) is 1. The average molecular weight is 168 g/mol. The molecular formula is C6H8N4O2. The number of nitrogens with one attached hydrogen (secondary N) is 2. The first kappa shape index (κ1) is 8.25. The maximum Gasteiger partial charge on any atom is 0.346 e. The van der Waals surface area contributed by atoms with E-state index in [1.807, 2.05) is 0 Å². The zero-order chi connectivity index (χ0) is 8.97. The number of aromatic amines is 1. The Morgan fingerprint density at radius 3 is 3.17 bits per heavy atom. The third-order valence-corrected chi connectivity index (χ3v) is 1.20. The molecule has 0 aliphatic heterocycles. The van der Waals surface area contributed by atoms with Gasteiger partial charge in [0, 0.05) is 0 Å². The lowest BCUT2D eigenvalue weighted by Gasteiger charge is -2.03. The minimum atomic E-state index is -0.502. The van der Waals surface area contributed by atoms with Gasteiger partial charge in [0.25, 0.3) is 0 Å². The normalized spacial score (nSPS) is 9.33. The van der Waals surface area contributed by atoms with Gasteiger partial charge in [-0.15, -0.1) is 0 Å². The molecule has 0 bridgehead atoms. The first-order valence-corrected chi connectivity index (χ1v) is 3.26. The largest absolute Gasteiger partial charge is 0.395 e. The van der Waals surface area contributed by atoms with Crippen LogP contribution in [-0.2, 0) is 4.79 Å². The summed E-state index contributed by atoms with van der Waals surface area (Å²) in [6, 6.07) is 0. The summed E-state index contributed by atoms with van der Waals surface area (Å²) < 4.78 is 0. The Hall–Kier alpha value is -1.85. The van der Waals surface area contributed by atoms with Gasteiger partial charge in [0.15, 0.2) is 0 Å². The van der Waals surface area contributed by atoms with Crippen LogP contribution in [0.15, 0.2) is 11.0 Å². The molecular weight excluding hydrogens is 160 g/mol. The minimum absolute atomic E-state index is 0.101. The highest BCUT2D eigenvalue weighted by Crippen LogP contribution is 2.08. The molecule has 0 spiro atoms. The van der Waals surface area contributed by atoms with Crippen LogP contribution >= 0.6 is 0 Å². The van der Waals surface area contributed by atoms with Crippen molar-refractivity contribution < 1.29 is 4.79 Å². The van der Waals surface area contributed by atoms with Crippen LogP contribution in [0.2, 0.25) is 0 Å². The Balaban J connectivity index is 2.89. The van der Waals surface area contributed by atoms with Crippen LogP contribution in [0, 0.1) is 0 Å². The first-order valence-electron chi connectivity index (χ1n) is 3.26. The number of hydrogen-bond acceptors (Lipinski definition) is 5. The molecule has 0 saturated heterocycles. The van der Waals surface area contributed by atoms with Crippen LogP contribution in [0.4, 0.5) is 11.5 Å². The number of carbonyl (C=O) groups excluding carboxylic acids is 1. The molecule has 1 heterocycles. The number of anilines is 2. The van der Waals surface area contributed by atoms with E-state index in [0.29, 0.717) is 17.8 Å². The Morgan fingerprint density at radius 2 is 2.50 bits per heavy atom. The Morgan fingerprint density at radius 1 is 1.75 bits per heavy atom. The van der Waals surface area contributed by atoms with Gasteiger partial charge in [-0.3, -0.25) is 4.98 Å². The topological polar surface area (TPSA) is 101 Å². The maximum absolute atomic E-state index is 10.7. The van der Waals surface area contributed by atoms with Gasteiger partial charge in [0.05, 0.1) is 18.4 Å². The van der Waals surface area contributed by atoms with Gasteiger partial charge in [-0.1, -0.05) is 0 Å². The second-order valence-corrected chi connectivity index (χ2v) is 2.07. The van der Waals surface area contributed by atoms with Crippen molar-refractivity contribution in [2.75, 3.05) is 17.6 Å². The van der Waals surface area contributed by atoms with Crippen LogP contribution in [0.25, 0.3) is 0 Å². The number of nitrogens with two attached hydrogens (primary N) is 1. The fourth-order valence-corrected chi connectivity index (χ4v) is 0.694. The fraction of sp³-hybridized carbons (Fsp3) is 0.167. The summed E-state index contributed by atoms with van der Waals surface area (Å²) in [6.07, 6.45) is 1.89. The predicted octanol–water partition coefficient (Wildman–Crippen LogP) is -1.04. The molecule has 0 atom stereocenters. The molecule has 1 aromatic rings. The summed E-state index contributed by atoms with van der Waals surface area (Å²) in [7, 11) is 0. The molecule has 0 aliphatic rings. The molecule has 0 radical (unpaired) electrons. The van der Waals surface area contributed by atoms with E-state index in [9.17, 15) is 9.59 Å². The smallest absolute Gasteiger partial charge is 0.346 e. The first-order chi connectivity index (χ1) is 5.74. The van der Waals surface area contributed by atoms with Crippen molar-refractivity contribution in [1.29, 1.82) is 0 Å². The van der Waals surface area contributed by atoms with Gasteiger partial charge >= 0.3 is 5.69 Å². The fourth-order valence-electron chi connectivity index (χ4n) is 0.694. The van der Waals surface area contributed by atoms with E-state index in [1.165, 1.54) is 6.20 Å². The van der Waals surface area contributed by atoms with Crippen molar-refractivity contribution in [3.05, 3.63) is 16.7 Å². The average Bonchev–Trinajstić information content (AvgIpc) is 2.07. The zero-order valence-corrected chi connectivity index (χ0v) is 6.20. The molecule has 12 heavy (non-hydrogen) atoms. The van der Waals surface area contributed by atoms with Crippen LogP contribution < -0.4 is 16.7 Å². The van der Waals surface area contributed by atoms with Crippen molar-refractivity contribution in [1.82, 2.24) is 9.97 Å². The molecule has 6 heteroatoms. The summed E-state index contributed by atoms with van der Waals surface area (Å²) in [5.41, 5.74) is 5.22. The molecule has 6 nitrogen and oxygen atoms in total. The Kier molecular flexibility index (Phi) is 2.42. The van der Waals surface area contributed by atoms with Gasteiger partial charge in [-0.25, -0.2) is 4.79 Å². The van der Waals surface area contributed by atoms with Crippen LogP contribution in [-0.4, -0.2) is 22.8 Å². The van der Waals surface area contributed by atoms with Gasteiger partial charge in [-0.05, 0) is 0 Å². The highest BCUT2D eigenvalue weighted by molar-refractivity contribution is 5.64. The number of aldehydes is 1. The monoisotopic (exact) mass is 168 g/mol. The van der Waals surface area contributed by atoms with E-state index in [2.05, 4.69) is 15.3 Å². The van der Waals surface area contributed by atoms with Gasteiger partial charge in [0.2, 0.25) is 0 Å². The lowest BCUT2D eigenvalue weighted by atomic mass is 10.5. The molecule has 1 rings (SSSR count). The lowest BCUT2D eigenvalue weighted by molar-refractivity contribution is -0.106. The molecule has 0 amide bonds. The van der Waals surface area contributed by atoms with Gasteiger partial charge in [0.1, 0.15) is 12.1 Å². The van der Waals surface area contributed by atoms with E-state index >= 15 is 0 Å². The lowest BCUT2D eigenvalue weighted by Crippen LogP contribution is -2.16. The van der Waals surface area contributed by atoms with Crippen LogP contribution in [0.1, 0.15) is 0 Å². The second-order valence-electron chi connectivity index (χ2n) is 2.07. The molecule has 0 aromatic carbocycles. The highest BCUT2D eigenvalue weighted by atomic mass is 16.1. The van der Waals surface area contributed by atoms with Crippen molar-refractivity contribution in [2.45, 2.75) is 0 Å². The third kappa shape index (κ3) is 1.82. The van der Waals surface area contributed by atoms with E-state index in [1.54, 1.807) is 0 Å². The highest BCUT2D eigenvalue weighted by Gasteiger charge is 1.97. The van der Waals surface area contributed by atoms with Gasteiger partial charge < -0.3 is 15.8 Å². The molecule has 0 unspecified atom stereocenters. The Labute approximate surface area is 67.8 Å². The summed E-state index contributed by atoms with van der Waals surface area (Å²) in [5, 5.41) is 2.61. The summed E-state index contributed by atoms with van der Waals surface area (Å²) in [4.78, 5) is 26.4. The third-order valence-electron chi connectivity index (χ3n) is 1.20. The number of rotatable bonds is 3. The van der Waals surface area contributed by atoms with E-state index in [-0.39, 0.29) is 6.54 Å². The maximum atomic E-state index is 10.7. The summed E-state index contributed by atoms with van der Waals surface area (Å²) >= 11 is 0. The van der Waals surface area contributed by atoms with Crippen LogP contribution in [0.3, 0.4) is 0 Å². The zero-order valence-electron chi connectivity index (χ0n) is 6.20. The molecule has 0 aliphatic carbocycles. The standard InChI is InChI=1S/C6H8N4O2/c7-4-3-9-6(12)10-5(4)8-1-2-11/h2-3H,1,7H2,(H2,8,9,10,12). The number of aromatic nitrogens is 2. The van der Waals surface area contributed by atoms with Gasteiger partial charge in [-0.2, -0.15) is 4.98 Å². The number of nitrogen functional groups attached to an aromatic ring is 1. The number of carbonyl (C=O) groups is 1. The summed E-state index contributed by atoms with van der Waals surface area (Å²) in [5.74, 6) is 0.321. The number of H-pyrrole nitrogens is 1. The van der Waals surface area contributed by atoms with Crippen molar-refractivity contribution in [3.8, 4) is 0 Å². The van der Waals surface area contributed by atoms with E-state index < -0.39 is 5.69 Å². The second kappa shape index (κ2) is 3.51. The van der Waals surface area contributed by atoms with Crippen molar-refractivity contribution in [2.24, 2.45) is 0 Å².